The van der Waals surface area contributed by atoms with Crippen LogP contribution in [0.3, 0.4) is 0 Å². The zero-order chi connectivity index (χ0) is 13.1. The van der Waals surface area contributed by atoms with Crippen molar-refractivity contribution in [1.29, 1.82) is 5.26 Å². The van der Waals surface area contributed by atoms with Gasteiger partial charge in [0.25, 0.3) is 0 Å². The molecule has 1 aromatic heterocycles. The van der Waals surface area contributed by atoms with Crippen molar-refractivity contribution in [2.24, 2.45) is 0 Å². The number of esters is 1. The van der Waals surface area contributed by atoms with E-state index in [0.717, 1.165) is 0 Å². The Hall–Kier alpha value is -2.61. The lowest BCUT2D eigenvalue weighted by molar-refractivity contribution is 0.0527. The van der Waals surface area contributed by atoms with Crippen molar-refractivity contribution < 1.29 is 9.53 Å². The van der Waals surface area contributed by atoms with Gasteiger partial charge in [-0.25, -0.2) is 4.79 Å². The molecule has 2 rings (SSSR count). The van der Waals surface area contributed by atoms with Crippen molar-refractivity contribution in [3.8, 4) is 6.07 Å². The van der Waals surface area contributed by atoms with Gasteiger partial charge in [0.1, 0.15) is 11.6 Å². The number of para-hydroxylation sites is 1. The molecule has 5 nitrogen and oxygen atoms in total. The van der Waals surface area contributed by atoms with E-state index in [1.54, 1.807) is 25.1 Å². The second-order valence-electron chi connectivity index (χ2n) is 3.62. The fourth-order valence-electron chi connectivity index (χ4n) is 1.71. The highest BCUT2D eigenvalue weighted by molar-refractivity contribution is 6.04. The maximum atomic E-state index is 11.7. The van der Waals surface area contributed by atoms with Crippen LogP contribution in [0.1, 0.15) is 22.8 Å². The lowest BCUT2D eigenvalue weighted by Gasteiger charge is -2.08. The quantitative estimate of drug-likeness (QED) is 0.810. The molecule has 0 atom stereocenters. The van der Waals surface area contributed by atoms with Crippen molar-refractivity contribution in [2.75, 3.05) is 12.3 Å². The van der Waals surface area contributed by atoms with Gasteiger partial charge in [0, 0.05) is 11.6 Å². The summed E-state index contributed by atoms with van der Waals surface area (Å²) in [6.45, 7) is 1.99. The van der Waals surface area contributed by atoms with Crippen LogP contribution in [0.5, 0.6) is 0 Å². The molecule has 0 amide bonds. The average Bonchev–Trinajstić information content (AvgIpc) is 2.39. The summed E-state index contributed by atoms with van der Waals surface area (Å²) in [5.74, 6) is -0.508. The Morgan fingerprint density at radius 3 is 3.00 bits per heavy atom. The standard InChI is InChI=1S/C13H11N3O2/c1-2-18-13(17)10-7-16-12-8(6-14)4-3-5-9(12)11(10)15/h3-5,7H,2H2,1H3,(H2,15,16). The Bertz CT molecular complexity index is 659. The van der Waals surface area contributed by atoms with Gasteiger partial charge in [0.15, 0.2) is 0 Å². The van der Waals surface area contributed by atoms with Gasteiger partial charge in [-0.3, -0.25) is 4.98 Å². The number of carbonyl (C=O) groups is 1. The molecule has 0 aliphatic heterocycles. The number of nitrogens with two attached hydrogens (primary N) is 1. The van der Waals surface area contributed by atoms with Crippen LogP contribution < -0.4 is 5.73 Å². The highest BCUT2D eigenvalue weighted by Crippen LogP contribution is 2.25. The molecule has 0 unspecified atom stereocenters. The number of aromatic nitrogens is 1. The molecule has 2 aromatic rings. The maximum Gasteiger partial charge on any atom is 0.341 e. The molecule has 0 fully saturated rings. The van der Waals surface area contributed by atoms with Crippen LogP contribution in [-0.2, 0) is 4.74 Å². The fraction of sp³-hybridized carbons (Fsp3) is 0.154. The summed E-state index contributed by atoms with van der Waals surface area (Å²) >= 11 is 0. The molecule has 1 aromatic carbocycles. The van der Waals surface area contributed by atoms with Crippen molar-refractivity contribution >= 4 is 22.6 Å². The fourth-order valence-corrected chi connectivity index (χ4v) is 1.71. The third kappa shape index (κ3) is 1.84. The predicted octanol–water partition coefficient (Wildman–Crippen LogP) is 1.87. The SMILES string of the molecule is CCOC(=O)c1cnc2c(C#N)cccc2c1N. The first-order chi connectivity index (χ1) is 8.69. The molecule has 0 aliphatic carbocycles. The van der Waals surface area contributed by atoms with E-state index in [2.05, 4.69) is 4.98 Å². The van der Waals surface area contributed by atoms with E-state index in [4.69, 9.17) is 15.7 Å². The Balaban J connectivity index is 2.66. The minimum atomic E-state index is -0.508. The summed E-state index contributed by atoms with van der Waals surface area (Å²) in [4.78, 5) is 15.8. The Labute approximate surface area is 104 Å². The second kappa shape index (κ2) is 4.72. The number of nitrogens with zero attached hydrogens (tertiary/aromatic N) is 2. The summed E-state index contributed by atoms with van der Waals surface area (Å²) in [6.07, 6.45) is 1.34. The van der Waals surface area contributed by atoms with Crippen molar-refractivity contribution in [3.63, 3.8) is 0 Å². The minimum absolute atomic E-state index is 0.222. The number of hydrogen-bond donors (Lipinski definition) is 1. The summed E-state index contributed by atoms with van der Waals surface area (Å²) in [7, 11) is 0. The summed E-state index contributed by atoms with van der Waals surface area (Å²) < 4.78 is 4.89. The minimum Gasteiger partial charge on any atom is -0.462 e. The van der Waals surface area contributed by atoms with E-state index in [1.807, 2.05) is 6.07 Å². The lowest BCUT2D eigenvalue weighted by Crippen LogP contribution is -2.09. The van der Waals surface area contributed by atoms with Crippen LogP contribution in [-0.4, -0.2) is 17.6 Å². The average molecular weight is 241 g/mol. The van der Waals surface area contributed by atoms with Gasteiger partial charge in [0.05, 0.1) is 23.4 Å². The van der Waals surface area contributed by atoms with Crippen LogP contribution in [0.2, 0.25) is 0 Å². The number of pyridine rings is 1. The molecule has 0 radical (unpaired) electrons. The summed E-state index contributed by atoms with van der Waals surface area (Å²) in [6, 6.07) is 7.11. The molecule has 0 aliphatic rings. The molecular formula is C13H11N3O2. The number of ether oxygens (including phenoxy) is 1. The summed E-state index contributed by atoms with van der Waals surface area (Å²) in [5, 5.41) is 9.55. The normalized spacial score (nSPS) is 10.0. The van der Waals surface area contributed by atoms with Crippen LogP contribution in [0.25, 0.3) is 10.9 Å². The van der Waals surface area contributed by atoms with Crippen LogP contribution in [0, 0.1) is 11.3 Å². The first-order valence-corrected chi connectivity index (χ1v) is 5.43. The Kier molecular flexibility index (Phi) is 3.11. The zero-order valence-corrected chi connectivity index (χ0v) is 9.80. The molecule has 18 heavy (non-hydrogen) atoms. The number of rotatable bonds is 2. The number of hydrogen-bond acceptors (Lipinski definition) is 5. The molecular weight excluding hydrogens is 230 g/mol. The number of nitriles is 1. The molecule has 1 heterocycles. The smallest absolute Gasteiger partial charge is 0.341 e. The van der Waals surface area contributed by atoms with Gasteiger partial charge < -0.3 is 10.5 Å². The van der Waals surface area contributed by atoms with Gasteiger partial charge in [-0.2, -0.15) is 5.26 Å². The van der Waals surface area contributed by atoms with E-state index in [9.17, 15) is 4.79 Å². The van der Waals surface area contributed by atoms with Crippen molar-refractivity contribution in [3.05, 3.63) is 35.5 Å². The number of fused-ring (bicyclic) bond motifs is 1. The predicted molar refractivity (Wildman–Crippen MR) is 66.8 cm³/mol. The molecule has 0 spiro atoms. The number of nitrogen functional groups attached to an aromatic ring is 1. The lowest BCUT2D eigenvalue weighted by atomic mass is 10.1. The first-order valence-electron chi connectivity index (χ1n) is 5.43. The zero-order valence-electron chi connectivity index (χ0n) is 9.80. The third-order valence-corrected chi connectivity index (χ3v) is 2.55. The Morgan fingerprint density at radius 2 is 2.33 bits per heavy atom. The van der Waals surface area contributed by atoms with Crippen molar-refractivity contribution in [2.45, 2.75) is 6.92 Å². The van der Waals surface area contributed by atoms with E-state index in [0.29, 0.717) is 16.5 Å². The van der Waals surface area contributed by atoms with Gasteiger partial charge in [-0.1, -0.05) is 12.1 Å². The van der Waals surface area contributed by atoms with Gasteiger partial charge in [-0.05, 0) is 13.0 Å². The van der Waals surface area contributed by atoms with Gasteiger partial charge in [-0.15, -0.1) is 0 Å². The third-order valence-electron chi connectivity index (χ3n) is 2.55. The first kappa shape index (κ1) is 11.9. The maximum absolute atomic E-state index is 11.7. The summed E-state index contributed by atoms with van der Waals surface area (Å²) in [5.41, 5.74) is 7.35. The molecule has 5 heteroatoms. The molecule has 0 saturated carbocycles. The second-order valence-corrected chi connectivity index (χ2v) is 3.62. The number of anilines is 1. The van der Waals surface area contributed by atoms with Gasteiger partial charge in [0.2, 0.25) is 0 Å². The van der Waals surface area contributed by atoms with E-state index < -0.39 is 5.97 Å². The van der Waals surface area contributed by atoms with Crippen molar-refractivity contribution in [1.82, 2.24) is 4.98 Å². The monoisotopic (exact) mass is 241 g/mol. The van der Waals surface area contributed by atoms with Crippen LogP contribution in [0.15, 0.2) is 24.4 Å². The molecule has 0 bridgehead atoms. The van der Waals surface area contributed by atoms with Crippen LogP contribution in [0.4, 0.5) is 5.69 Å². The topological polar surface area (TPSA) is 89.0 Å². The highest BCUT2D eigenvalue weighted by atomic mass is 16.5. The van der Waals surface area contributed by atoms with E-state index in [1.165, 1.54) is 6.20 Å². The number of carbonyl (C=O) groups excluding carboxylic acids is 1. The van der Waals surface area contributed by atoms with Crippen LogP contribution >= 0.6 is 0 Å². The van der Waals surface area contributed by atoms with E-state index >= 15 is 0 Å². The Morgan fingerprint density at radius 1 is 1.56 bits per heavy atom. The van der Waals surface area contributed by atoms with Gasteiger partial charge >= 0.3 is 5.97 Å². The van der Waals surface area contributed by atoms with E-state index in [-0.39, 0.29) is 17.9 Å². The molecule has 0 saturated heterocycles. The highest BCUT2D eigenvalue weighted by Gasteiger charge is 2.15. The largest absolute Gasteiger partial charge is 0.462 e. The number of benzene rings is 1. The molecule has 2 N–H and O–H groups in total. The molecule has 90 valence electrons.